The van der Waals surface area contributed by atoms with Crippen molar-refractivity contribution in [3.05, 3.63) is 29.8 Å². The standard InChI is InChI=1S/C16H21NO3/c1-11-6-8-12(9-7-11)15(18)17-14-5-3-4-13(10-14)16(19)20-2/h3-5,10-12H,6-9H2,1-2H3,(H,17,18). The van der Waals surface area contributed by atoms with E-state index in [1.165, 1.54) is 7.11 Å². The Labute approximate surface area is 119 Å². The molecular weight excluding hydrogens is 254 g/mol. The number of benzene rings is 1. The molecular formula is C16H21NO3. The number of amides is 1. The van der Waals surface area contributed by atoms with Gasteiger partial charge in [-0.1, -0.05) is 13.0 Å². The van der Waals surface area contributed by atoms with Crippen molar-refractivity contribution in [2.75, 3.05) is 12.4 Å². The van der Waals surface area contributed by atoms with Gasteiger partial charge >= 0.3 is 5.97 Å². The van der Waals surface area contributed by atoms with Gasteiger partial charge < -0.3 is 10.1 Å². The number of carbonyl (C=O) groups excluding carboxylic acids is 2. The molecule has 0 heterocycles. The molecule has 0 radical (unpaired) electrons. The van der Waals surface area contributed by atoms with Gasteiger partial charge in [-0.25, -0.2) is 4.79 Å². The van der Waals surface area contributed by atoms with Crippen LogP contribution in [-0.4, -0.2) is 19.0 Å². The number of nitrogens with one attached hydrogen (secondary N) is 1. The van der Waals surface area contributed by atoms with E-state index in [1.54, 1.807) is 24.3 Å². The van der Waals surface area contributed by atoms with Crippen LogP contribution in [0.3, 0.4) is 0 Å². The Kier molecular flexibility index (Phi) is 4.77. The average Bonchev–Trinajstić information content (AvgIpc) is 2.47. The smallest absolute Gasteiger partial charge is 0.337 e. The summed E-state index contributed by atoms with van der Waals surface area (Å²) in [6, 6.07) is 6.85. The molecule has 20 heavy (non-hydrogen) atoms. The Balaban J connectivity index is 1.99. The zero-order chi connectivity index (χ0) is 14.5. The number of anilines is 1. The SMILES string of the molecule is COC(=O)c1cccc(NC(=O)C2CCC(C)CC2)c1. The molecule has 0 aliphatic heterocycles. The van der Waals surface area contributed by atoms with Gasteiger partial charge in [-0.2, -0.15) is 0 Å². The Hall–Kier alpha value is -1.84. The van der Waals surface area contributed by atoms with Gasteiger partial charge in [-0.05, 0) is 49.8 Å². The second kappa shape index (κ2) is 6.55. The van der Waals surface area contributed by atoms with Crippen LogP contribution >= 0.6 is 0 Å². The fourth-order valence-corrected chi connectivity index (χ4v) is 2.61. The second-order valence-corrected chi connectivity index (χ2v) is 5.52. The number of ether oxygens (including phenoxy) is 1. The minimum absolute atomic E-state index is 0.0546. The van der Waals surface area contributed by atoms with E-state index in [4.69, 9.17) is 0 Å². The molecule has 1 N–H and O–H groups in total. The summed E-state index contributed by atoms with van der Waals surface area (Å²) in [5.74, 6) is 0.473. The molecule has 0 saturated heterocycles. The van der Waals surface area contributed by atoms with E-state index < -0.39 is 5.97 Å². The van der Waals surface area contributed by atoms with E-state index in [-0.39, 0.29) is 11.8 Å². The second-order valence-electron chi connectivity index (χ2n) is 5.52. The maximum absolute atomic E-state index is 12.2. The van der Waals surface area contributed by atoms with Gasteiger partial charge in [0.25, 0.3) is 0 Å². The summed E-state index contributed by atoms with van der Waals surface area (Å²) in [6.45, 7) is 2.23. The van der Waals surface area contributed by atoms with Crippen LogP contribution in [0, 0.1) is 11.8 Å². The Morgan fingerprint density at radius 2 is 1.90 bits per heavy atom. The van der Waals surface area contributed by atoms with E-state index in [2.05, 4.69) is 17.0 Å². The van der Waals surface area contributed by atoms with E-state index in [1.807, 2.05) is 0 Å². The minimum atomic E-state index is -0.396. The van der Waals surface area contributed by atoms with Gasteiger partial charge in [0.15, 0.2) is 0 Å². The molecule has 1 aliphatic carbocycles. The first-order valence-corrected chi connectivity index (χ1v) is 7.09. The number of methoxy groups -OCH3 is 1. The molecule has 108 valence electrons. The van der Waals surface area contributed by atoms with Gasteiger partial charge in [0.2, 0.25) is 5.91 Å². The summed E-state index contributed by atoms with van der Waals surface area (Å²) in [5.41, 5.74) is 1.10. The van der Waals surface area contributed by atoms with Gasteiger partial charge in [0, 0.05) is 11.6 Å². The Morgan fingerprint density at radius 3 is 2.55 bits per heavy atom. The van der Waals surface area contributed by atoms with Crippen molar-refractivity contribution < 1.29 is 14.3 Å². The van der Waals surface area contributed by atoms with Crippen molar-refractivity contribution in [3.8, 4) is 0 Å². The zero-order valence-electron chi connectivity index (χ0n) is 12.0. The maximum Gasteiger partial charge on any atom is 0.337 e. The highest BCUT2D eigenvalue weighted by Gasteiger charge is 2.24. The van der Waals surface area contributed by atoms with Crippen LogP contribution in [0.25, 0.3) is 0 Å². The van der Waals surface area contributed by atoms with Gasteiger partial charge in [-0.15, -0.1) is 0 Å². The Bertz CT molecular complexity index is 490. The zero-order valence-corrected chi connectivity index (χ0v) is 12.0. The topological polar surface area (TPSA) is 55.4 Å². The lowest BCUT2D eigenvalue weighted by Gasteiger charge is -2.25. The molecule has 0 bridgehead atoms. The largest absolute Gasteiger partial charge is 0.465 e. The molecule has 4 heteroatoms. The van der Waals surface area contributed by atoms with Crippen LogP contribution in [-0.2, 0) is 9.53 Å². The Morgan fingerprint density at radius 1 is 1.20 bits per heavy atom. The third kappa shape index (κ3) is 3.59. The van der Waals surface area contributed by atoms with E-state index >= 15 is 0 Å². The first-order valence-electron chi connectivity index (χ1n) is 7.09. The van der Waals surface area contributed by atoms with Gasteiger partial charge in [0.05, 0.1) is 12.7 Å². The van der Waals surface area contributed by atoms with Crippen LogP contribution in [0.1, 0.15) is 43.0 Å². The van der Waals surface area contributed by atoms with Crippen molar-refractivity contribution in [1.82, 2.24) is 0 Å². The normalized spacial score (nSPS) is 22.1. The summed E-state index contributed by atoms with van der Waals surface area (Å²) in [4.78, 5) is 23.7. The van der Waals surface area contributed by atoms with Gasteiger partial charge in [-0.3, -0.25) is 4.79 Å². The summed E-state index contributed by atoms with van der Waals surface area (Å²) in [6.07, 6.45) is 4.12. The van der Waals surface area contributed by atoms with Crippen molar-refractivity contribution in [1.29, 1.82) is 0 Å². The van der Waals surface area contributed by atoms with Crippen molar-refractivity contribution >= 4 is 17.6 Å². The van der Waals surface area contributed by atoms with Crippen molar-refractivity contribution in [2.45, 2.75) is 32.6 Å². The lowest BCUT2D eigenvalue weighted by atomic mass is 9.82. The average molecular weight is 275 g/mol. The van der Waals surface area contributed by atoms with Crippen LogP contribution < -0.4 is 5.32 Å². The number of hydrogen-bond donors (Lipinski definition) is 1. The molecule has 1 aromatic rings. The van der Waals surface area contributed by atoms with Gasteiger partial charge in [0.1, 0.15) is 0 Å². The third-order valence-corrected chi connectivity index (χ3v) is 3.94. The molecule has 0 unspecified atom stereocenters. The van der Waals surface area contributed by atoms with Crippen LogP contribution in [0.4, 0.5) is 5.69 Å². The molecule has 2 rings (SSSR count). The quantitative estimate of drug-likeness (QED) is 0.862. The molecule has 1 amide bonds. The highest BCUT2D eigenvalue weighted by atomic mass is 16.5. The number of esters is 1. The van der Waals surface area contributed by atoms with E-state index in [0.29, 0.717) is 11.3 Å². The van der Waals surface area contributed by atoms with Crippen LogP contribution in [0.5, 0.6) is 0 Å². The molecule has 1 aliphatic rings. The molecule has 0 atom stereocenters. The predicted molar refractivity (Wildman–Crippen MR) is 77.5 cm³/mol. The third-order valence-electron chi connectivity index (χ3n) is 3.94. The highest BCUT2D eigenvalue weighted by Crippen LogP contribution is 2.29. The summed E-state index contributed by atoms with van der Waals surface area (Å²) >= 11 is 0. The fraction of sp³-hybridized carbons (Fsp3) is 0.500. The predicted octanol–water partition coefficient (Wildman–Crippen LogP) is 3.24. The van der Waals surface area contributed by atoms with Crippen LogP contribution in [0.2, 0.25) is 0 Å². The number of hydrogen-bond acceptors (Lipinski definition) is 3. The molecule has 0 aromatic heterocycles. The van der Waals surface area contributed by atoms with E-state index in [9.17, 15) is 9.59 Å². The fourth-order valence-electron chi connectivity index (χ4n) is 2.61. The highest BCUT2D eigenvalue weighted by molar-refractivity contribution is 5.95. The summed E-state index contributed by atoms with van der Waals surface area (Å²) in [5, 5.41) is 2.90. The number of rotatable bonds is 3. The summed E-state index contributed by atoms with van der Waals surface area (Å²) < 4.78 is 4.67. The first-order chi connectivity index (χ1) is 9.60. The lowest BCUT2D eigenvalue weighted by Crippen LogP contribution is -2.26. The van der Waals surface area contributed by atoms with E-state index in [0.717, 1.165) is 31.6 Å². The molecule has 4 nitrogen and oxygen atoms in total. The summed E-state index contributed by atoms with van der Waals surface area (Å²) in [7, 11) is 1.34. The van der Waals surface area contributed by atoms with Crippen molar-refractivity contribution in [3.63, 3.8) is 0 Å². The first kappa shape index (κ1) is 14.6. The van der Waals surface area contributed by atoms with Crippen LogP contribution in [0.15, 0.2) is 24.3 Å². The molecule has 1 saturated carbocycles. The monoisotopic (exact) mass is 275 g/mol. The lowest BCUT2D eigenvalue weighted by molar-refractivity contribution is -0.121. The minimum Gasteiger partial charge on any atom is -0.465 e. The molecule has 1 aromatic carbocycles. The maximum atomic E-state index is 12.2. The number of carbonyl (C=O) groups is 2. The van der Waals surface area contributed by atoms with Crippen molar-refractivity contribution in [2.24, 2.45) is 11.8 Å². The molecule has 1 fully saturated rings. The molecule has 0 spiro atoms.